The first-order valence-corrected chi connectivity index (χ1v) is 8.14. The Bertz CT molecular complexity index is 931. The third-order valence-electron chi connectivity index (χ3n) is 4.19. The van der Waals surface area contributed by atoms with Gasteiger partial charge in [0.1, 0.15) is 6.04 Å². The van der Waals surface area contributed by atoms with Crippen LogP contribution in [0.5, 0.6) is 11.8 Å². The second kappa shape index (κ2) is 6.87. The molecule has 1 aromatic heterocycles. The monoisotopic (exact) mass is 358 g/mol. The largest absolute Gasteiger partial charge is 0.494 e. The third kappa shape index (κ3) is 2.99. The number of hydrogen-bond acceptors (Lipinski definition) is 5. The van der Waals surface area contributed by atoms with Gasteiger partial charge >= 0.3 is 6.03 Å². The molecule has 9 nitrogen and oxygen atoms in total. The summed E-state index contributed by atoms with van der Waals surface area (Å²) >= 11 is 0. The Balaban J connectivity index is 2.08. The van der Waals surface area contributed by atoms with E-state index < -0.39 is 23.9 Å². The summed E-state index contributed by atoms with van der Waals surface area (Å²) in [6.07, 6.45) is 1.55. The van der Waals surface area contributed by atoms with Crippen molar-refractivity contribution in [1.82, 2.24) is 15.2 Å². The van der Waals surface area contributed by atoms with Gasteiger partial charge in [-0.05, 0) is 19.4 Å². The van der Waals surface area contributed by atoms with E-state index in [1.165, 1.54) is 6.21 Å². The zero-order chi connectivity index (χ0) is 18.8. The minimum absolute atomic E-state index is 0.106. The van der Waals surface area contributed by atoms with Crippen LogP contribution in [0.2, 0.25) is 0 Å². The predicted octanol–water partition coefficient (Wildman–Crippen LogP) is 1.18. The summed E-state index contributed by atoms with van der Waals surface area (Å²) in [5.74, 6) is -1.60. The van der Waals surface area contributed by atoms with E-state index in [4.69, 9.17) is 0 Å². The number of carbonyl (C=O) groups is 3. The van der Waals surface area contributed by atoms with Crippen LogP contribution in [-0.4, -0.2) is 45.4 Å². The van der Waals surface area contributed by atoms with Gasteiger partial charge in [-0.2, -0.15) is 0 Å². The van der Waals surface area contributed by atoms with Crippen LogP contribution in [0.25, 0.3) is 10.8 Å². The fraction of sp³-hybridized carbons (Fsp3) is 0.294. The molecule has 9 heteroatoms. The summed E-state index contributed by atoms with van der Waals surface area (Å²) in [5, 5.41) is 26.4. The smallest absolute Gasteiger partial charge is 0.340 e. The molecule has 2 aromatic rings. The molecule has 1 atom stereocenters. The number of amides is 4. The van der Waals surface area contributed by atoms with Crippen molar-refractivity contribution in [3.05, 3.63) is 23.8 Å². The normalized spacial score (nSPS) is 17.7. The average Bonchev–Trinajstić information content (AvgIpc) is 2.85. The quantitative estimate of drug-likeness (QED) is 0.483. The zero-order valence-corrected chi connectivity index (χ0v) is 14.0. The second-order valence-corrected chi connectivity index (χ2v) is 5.85. The highest BCUT2D eigenvalue weighted by molar-refractivity contribution is 6.08. The number of carbonyl (C=O) groups excluding carboxylic acids is 3. The van der Waals surface area contributed by atoms with E-state index in [0.29, 0.717) is 17.5 Å². The number of urea groups is 1. The maximum Gasteiger partial charge on any atom is 0.340 e. The topological polar surface area (TPSA) is 133 Å². The number of rotatable bonds is 3. The molecule has 1 aliphatic heterocycles. The highest BCUT2D eigenvalue weighted by Crippen LogP contribution is 2.41. The lowest BCUT2D eigenvalue weighted by atomic mass is 10.1. The van der Waals surface area contributed by atoms with Crippen LogP contribution in [0.1, 0.15) is 31.4 Å². The molecular weight excluding hydrogens is 340 g/mol. The van der Waals surface area contributed by atoms with Crippen LogP contribution in [0.4, 0.5) is 4.79 Å². The summed E-state index contributed by atoms with van der Waals surface area (Å²) in [7, 11) is 0. The van der Waals surface area contributed by atoms with E-state index in [-0.39, 0.29) is 30.0 Å². The predicted molar refractivity (Wildman–Crippen MR) is 93.4 cm³/mol. The van der Waals surface area contributed by atoms with Gasteiger partial charge in [-0.15, -0.1) is 0 Å². The van der Waals surface area contributed by atoms with Gasteiger partial charge in [0.2, 0.25) is 23.6 Å². The van der Waals surface area contributed by atoms with Crippen molar-refractivity contribution in [1.29, 1.82) is 0 Å². The van der Waals surface area contributed by atoms with Crippen molar-refractivity contribution < 1.29 is 24.6 Å². The van der Waals surface area contributed by atoms with E-state index in [0.717, 1.165) is 4.57 Å². The Kier molecular flexibility index (Phi) is 4.61. The molecule has 1 aliphatic rings. The first kappa shape index (κ1) is 17.5. The fourth-order valence-corrected chi connectivity index (χ4v) is 3.01. The fourth-order valence-electron chi connectivity index (χ4n) is 3.01. The van der Waals surface area contributed by atoms with Crippen LogP contribution in [0.3, 0.4) is 0 Å². The SMILES string of the molecule is CCNC(=O)N=Cc1cccc2c(O)n([C@@H]3CCC(=O)NC3=O)c(O)c12. The lowest BCUT2D eigenvalue weighted by Crippen LogP contribution is -2.41. The van der Waals surface area contributed by atoms with Crippen LogP contribution < -0.4 is 10.6 Å². The molecule has 4 N–H and O–H groups in total. The highest BCUT2D eigenvalue weighted by atomic mass is 16.3. The number of nitrogens with zero attached hydrogens (tertiary/aromatic N) is 2. The van der Waals surface area contributed by atoms with Crippen molar-refractivity contribution in [2.24, 2.45) is 4.99 Å². The number of fused-ring (bicyclic) bond motifs is 1. The van der Waals surface area contributed by atoms with Gasteiger partial charge in [0.15, 0.2) is 0 Å². The van der Waals surface area contributed by atoms with Gasteiger partial charge < -0.3 is 15.5 Å². The Morgan fingerprint density at radius 3 is 2.85 bits per heavy atom. The minimum atomic E-state index is -0.909. The number of aromatic hydroxyl groups is 2. The van der Waals surface area contributed by atoms with Crippen molar-refractivity contribution in [2.75, 3.05) is 6.54 Å². The van der Waals surface area contributed by atoms with E-state index >= 15 is 0 Å². The van der Waals surface area contributed by atoms with Gasteiger partial charge in [-0.1, -0.05) is 12.1 Å². The van der Waals surface area contributed by atoms with Crippen molar-refractivity contribution in [3.8, 4) is 11.8 Å². The molecule has 3 rings (SSSR count). The lowest BCUT2D eigenvalue weighted by molar-refractivity contribution is -0.135. The molecule has 136 valence electrons. The molecule has 0 saturated carbocycles. The van der Waals surface area contributed by atoms with Crippen LogP contribution in [0, 0.1) is 0 Å². The van der Waals surface area contributed by atoms with Gasteiger partial charge in [0.05, 0.1) is 5.39 Å². The standard InChI is InChI=1S/C17H18N4O5/c1-2-18-17(26)19-8-9-4-3-5-10-13(9)16(25)21(15(10)24)11-6-7-12(22)20-14(11)23/h3-5,8,11,24-25H,2,6-7H2,1H3,(H,18,26)(H,20,22,23)/t11-/m1/s1. The third-order valence-corrected chi connectivity index (χ3v) is 4.19. The first-order valence-electron chi connectivity index (χ1n) is 8.14. The van der Waals surface area contributed by atoms with Crippen molar-refractivity contribution in [2.45, 2.75) is 25.8 Å². The zero-order valence-electron chi connectivity index (χ0n) is 14.0. The van der Waals surface area contributed by atoms with E-state index in [1.54, 1.807) is 25.1 Å². The molecule has 0 aliphatic carbocycles. The summed E-state index contributed by atoms with van der Waals surface area (Å²) in [4.78, 5) is 38.7. The minimum Gasteiger partial charge on any atom is -0.494 e. The Labute approximate surface area is 148 Å². The number of nitrogens with one attached hydrogen (secondary N) is 2. The summed E-state index contributed by atoms with van der Waals surface area (Å²) < 4.78 is 1.09. The molecular formula is C17H18N4O5. The van der Waals surface area contributed by atoms with Gasteiger partial charge in [0, 0.05) is 30.1 Å². The maximum absolute atomic E-state index is 12.1. The number of aromatic nitrogens is 1. The maximum atomic E-state index is 12.1. The number of imide groups is 1. The van der Waals surface area contributed by atoms with Crippen LogP contribution in [0.15, 0.2) is 23.2 Å². The number of aliphatic imine (C=N–C) groups is 1. The van der Waals surface area contributed by atoms with E-state index in [9.17, 15) is 24.6 Å². The van der Waals surface area contributed by atoms with Gasteiger partial charge in [0.25, 0.3) is 0 Å². The lowest BCUT2D eigenvalue weighted by Gasteiger charge is -2.23. The van der Waals surface area contributed by atoms with Crippen molar-refractivity contribution >= 4 is 34.8 Å². The molecule has 4 amide bonds. The summed E-state index contributed by atoms with van der Waals surface area (Å²) in [6, 6.07) is 3.40. The van der Waals surface area contributed by atoms with Crippen LogP contribution >= 0.6 is 0 Å². The Hall–Kier alpha value is -3.36. The summed E-state index contributed by atoms with van der Waals surface area (Å²) in [5.41, 5.74) is 0.410. The Morgan fingerprint density at radius 1 is 1.38 bits per heavy atom. The van der Waals surface area contributed by atoms with Gasteiger partial charge in [-0.25, -0.2) is 9.79 Å². The van der Waals surface area contributed by atoms with Crippen LogP contribution in [-0.2, 0) is 9.59 Å². The van der Waals surface area contributed by atoms with Crippen molar-refractivity contribution in [3.63, 3.8) is 0 Å². The number of benzene rings is 1. The highest BCUT2D eigenvalue weighted by Gasteiger charge is 2.33. The molecule has 1 aromatic carbocycles. The average molecular weight is 358 g/mol. The molecule has 0 unspecified atom stereocenters. The number of hydrogen-bond donors (Lipinski definition) is 4. The van der Waals surface area contributed by atoms with E-state index in [2.05, 4.69) is 15.6 Å². The molecule has 0 bridgehead atoms. The van der Waals surface area contributed by atoms with Gasteiger partial charge in [-0.3, -0.25) is 19.5 Å². The molecule has 26 heavy (non-hydrogen) atoms. The number of piperidine rings is 1. The first-order chi connectivity index (χ1) is 12.4. The molecule has 0 spiro atoms. The van der Waals surface area contributed by atoms with E-state index in [1.807, 2.05) is 0 Å². The summed E-state index contributed by atoms with van der Waals surface area (Å²) in [6.45, 7) is 2.19. The Morgan fingerprint density at radius 2 is 2.15 bits per heavy atom. The molecule has 0 radical (unpaired) electrons. The molecule has 1 saturated heterocycles. The molecule has 2 heterocycles. The molecule has 1 fully saturated rings. The second-order valence-electron chi connectivity index (χ2n) is 5.85.